The van der Waals surface area contributed by atoms with Gasteiger partial charge in [-0.15, -0.1) is 0 Å². The monoisotopic (exact) mass is 161 g/mol. The number of rotatable bonds is 1. The summed E-state index contributed by atoms with van der Waals surface area (Å²) in [7, 11) is 0. The Morgan fingerprint density at radius 2 is 2.00 bits per heavy atom. The maximum atomic E-state index is 3.33. The molecule has 0 amide bonds. The van der Waals surface area contributed by atoms with E-state index < -0.39 is 0 Å². The van der Waals surface area contributed by atoms with E-state index in [1.807, 2.05) is 6.07 Å². The number of benzene rings is 1. The van der Waals surface area contributed by atoms with E-state index in [-0.39, 0.29) is 5.41 Å². The number of hydrogen-bond donors (Lipinski definition) is 0. The van der Waals surface area contributed by atoms with Crippen molar-refractivity contribution in [2.45, 2.75) is 39.5 Å². The average molecular weight is 161 g/mol. The molecule has 0 spiro atoms. The van der Waals surface area contributed by atoms with Crippen LogP contribution in [0.5, 0.6) is 0 Å². The minimum Gasteiger partial charge on any atom is -0.0614 e. The predicted molar refractivity (Wildman–Crippen MR) is 53.4 cm³/mol. The summed E-state index contributed by atoms with van der Waals surface area (Å²) in [4.78, 5) is 0. The average Bonchev–Trinajstić information content (AvgIpc) is 2.03. The molecule has 0 aliphatic rings. The second-order valence-corrected chi connectivity index (χ2v) is 4.17. The summed E-state index contributed by atoms with van der Waals surface area (Å²) in [5.41, 5.74) is 3.00. The van der Waals surface area contributed by atoms with Crippen molar-refractivity contribution in [3.8, 4) is 0 Å². The predicted octanol–water partition coefficient (Wildman–Crippen LogP) is 3.35. The van der Waals surface area contributed by atoms with Gasteiger partial charge in [-0.05, 0) is 29.0 Å². The van der Waals surface area contributed by atoms with Gasteiger partial charge in [-0.2, -0.15) is 0 Å². The molecule has 0 bridgehead atoms. The molecule has 0 saturated heterocycles. The fourth-order valence-corrected chi connectivity index (χ4v) is 1.46. The lowest BCUT2D eigenvalue weighted by Gasteiger charge is -2.21. The zero-order valence-corrected chi connectivity index (χ0v) is 8.44. The molecule has 0 N–H and O–H groups in total. The molecule has 0 saturated carbocycles. The van der Waals surface area contributed by atoms with Crippen molar-refractivity contribution in [2.24, 2.45) is 0 Å². The highest BCUT2D eigenvalue weighted by Gasteiger charge is 2.16. The summed E-state index contributed by atoms with van der Waals surface area (Å²) in [6.07, 6.45) is 1.10. The van der Waals surface area contributed by atoms with Gasteiger partial charge in [-0.25, -0.2) is 0 Å². The Kier molecular flexibility index (Phi) is 2.56. The lowest BCUT2D eigenvalue weighted by Crippen LogP contribution is -2.13. The van der Waals surface area contributed by atoms with Crippen LogP contribution in [-0.4, -0.2) is 0 Å². The van der Waals surface area contributed by atoms with Gasteiger partial charge >= 0.3 is 0 Å². The minimum absolute atomic E-state index is 0.229. The van der Waals surface area contributed by atoms with E-state index >= 15 is 0 Å². The van der Waals surface area contributed by atoms with Crippen LogP contribution in [0.4, 0.5) is 0 Å². The summed E-state index contributed by atoms with van der Waals surface area (Å²) in [5, 5.41) is 0. The Labute approximate surface area is 75.6 Å². The van der Waals surface area contributed by atoms with Crippen LogP contribution in [0, 0.1) is 6.07 Å². The Bertz CT molecular complexity index is 253. The topological polar surface area (TPSA) is 0 Å². The molecule has 0 fully saturated rings. The zero-order valence-electron chi connectivity index (χ0n) is 8.44. The summed E-state index contributed by atoms with van der Waals surface area (Å²) < 4.78 is 0. The smallest absolute Gasteiger partial charge is 0.0123 e. The maximum absolute atomic E-state index is 3.33. The molecule has 1 aromatic carbocycles. The highest BCUT2D eigenvalue weighted by Crippen LogP contribution is 2.25. The van der Waals surface area contributed by atoms with Gasteiger partial charge in [-0.1, -0.05) is 45.9 Å². The van der Waals surface area contributed by atoms with Crippen LogP contribution in [0.15, 0.2) is 18.2 Å². The van der Waals surface area contributed by atoms with Gasteiger partial charge < -0.3 is 0 Å². The van der Waals surface area contributed by atoms with Crippen LogP contribution < -0.4 is 0 Å². The standard InChI is InChI=1S/C12H17/c1-5-10-8-6-7-9-11(10)12(2,3)4/h6-8H,5H2,1-4H3. The highest BCUT2D eigenvalue weighted by atomic mass is 14.2. The summed E-state index contributed by atoms with van der Waals surface area (Å²) in [6.45, 7) is 8.90. The molecule has 1 radical (unpaired) electrons. The molecule has 65 valence electrons. The third kappa shape index (κ3) is 1.88. The van der Waals surface area contributed by atoms with Crippen LogP contribution >= 0.6 is 0 Å². The van der Waals surface area contributed by atoms with Crippen molar-refractivity contribution in [2.75, 3.05) is 0 Å². The summed E-state index contributed by atoms with van der Waals surface area (Å²) in [5.74, 6) is 0. The van der Waals surface area contributed by atoms with E-state index in [2.05, 4.69) is 45.9 Å². The molecule has 0 aromatic heterocycles. The minimum atomic E-state index is 0.229. The Hall–Kier alpha value is -0.780. The third-order valence-corrected chi connectivity index (χ3v) is 2.07. The van der Waals surface area contributed by atoms with Gasteiger partial charge in [0.05, 0.1) is 0 Å². The first kappa shape index (κ1) is 9.31. The van der Waals surface area contributed by atoms with E-state index in [0.29, 0.717) is 0 Å². The van der Waals surface area contributed by atoms with E-state index in [0.717, 1.165) is 6.42 Å². The summed E-state index contributed by atoms with van der Waals surface area (Å²) >= 11 is 0. The second kappa shape index (κ2) is 3.30. The Balaban J connectivity index is 3.14. The third-order valence-electron chi connectivity index (χ3n) is 2.07. The van der Waals surface area contributed by atoms with Crippen molar-refractivity contribution >= 4 is 0 Å². The molecular weight excluding hydrogens is 144 g/mol. The molecule has 0 heteroatoms. The van der Waals surface area contributed by atoms with E-state index in [1.54, 1.807) is 0 Å². The van der Waals surface area contributed by atoms with Crippen molar-refractivity contribution in [3.63, 3.8) is 0 Å². The van der Waals surface area contributed by atoms with Gasteiger partial charge in [0.15, 0.2) is 0 Å². The molecule has 0 nitrogen and oxygen atoms in total. The van der Waals surface area contributed by atoms with Crippen molar-refractivity contribution in [3.05, 3.63) is 35.4 Å². The molecule has 0 heterocycles. The first-order valence-electron chi connectivity index (χ1n) is 4.55. The molecule has 1 rings (SSSR count). The Morgan fingerprint density at radius 1 is 1.33 bits per heavy atom. The van der Waals surface area contributed by atoms with Gasteiger partial charge in [0.1, 0.15) is 0 Å². The van der Waals surface area contributed by atoms with Crippen LogP contribution in [0.3, 0.4) is 0 Å². The molecule has 12 heavy (non-hydrogen) atoms. The second-order valence-electron chi connectivity index (χ2n) is 4.17. The van der Waals surface area contributed by atoms with Gasteiger partial charge in [0.25, 0.3) is 0 Å². The first-order chi connectivity index (χ1) is 5.55. The molecule has 0 unspecified atom stereocenters. The van der Waals surface area contributed by atoms with E-state index in [1.165, 1.54) is 11.1 Å². The van der Waals surface area contributed by atoms with E-state index in [9.17, 15) is 0 Å². The van der Waals surface area contributed by atoms with Crippen LogP contribution in [0.1, 0.15) is 38.8 Å². The molecule has 0 atom stereocenters. The van der Waals surface area contributed by atoms with E-state index in [4.69, 9.17) is 0 Å². The van der Waals surface area contributed by atoms with Crippen LogP contribution in [0.2, 0.25) is 0 Å². The lowest BCUT2D eigenvalue weighted by atomic mass is 9.83. The fraction of sp³-hybridized carbons (Fsp3) is 0.500. The number of hydrogen-bond acceptors (Lipinski definition) is 0. The normalized spacial score (nSPS) is 11.7. The molecular formula is C12H17. The van der Waals surface area contributed by atoms with Crippen molar-refractivity contribution in [1.29, 1.82) is 0 Å². The van der Waals surface area contributed by atoms with Crippen LogP contribution in [-0.2, 0) is 11.8 Å². The number of aryl methyl sites for hydroxylation is 1. The van der Waals surface area contributed by atoms with Crippen LogP contribution in [0.25, 0.3) is 0 Å². The molecule has 0 aliphatic carbocycles. The Morgan fingerprint density at radius 3 is 2.42 bits per heavy atom. The zero-order chi connectivity index (χ0) is 9.19. The van der Waals surface area contributed by atoms with Gasteiger partial charge in [-0.3, -0.25) is 0 Å². The van der Waals surface area contributed by atoms with Crippen molar-refractivity contribution in [1.82, 2.24) is 0 Å². The molecule has 1 aromatic rings. The van der Waals surface area contributed by atoms with Crippen molar-refractivity contribution < 1.29 is 0 Å². The molecule has 0 aliphatic heterocycles. The SMILES string of the molecule is CCc1ccc[c]c1C(C)(C)C. The van der Waals surface area contributed by atoms with Gasteiger partial charge in [0.2, 0.25) is 0 Å². The largest absolute Gasteiger partial charge is 0.0614 e. The quantitative estimate of drug-likeness (QED) is 0.592. The van der Waals surface area contributed by atoms with Gasteiger partial charge in [0, 0.05) is 0 Å². The summed E-state index contributed by atoms with van der Waals surface area (Å²) in [6, 6.07) is 9.58. The first-order valence-corrected chi connectivity index (χ1v) is 4.55. The highest BCUT2D eigenvalue weighted by molar-refractivity contribution is 5.31. The maximum Gasteiger partial charge on any atom is -0.0123 e. The lowest BCUT2D eigenvalue weighted by molar-refractivity contribution is 0.582. The fourth-order valence-electron chi connectivity index (χ4n) is 1.46.